The fourth-order valence-corrected chi connectivity index (χ4v) is 3.71. The van der Waals surface area contributed by atoms with Gasteiger partial charge in [-0.05, 0) is 63.4 Å². The van der Waals surface area contributed by atoms with Crippen LogP contribution in [0, 0.1) is 5.92 Å². The highest BCUT2D eigenvalue weighted by Crippen LogP contribution is 2.32. The van der Waals surface area contributed by atoms with Crippen LogP contribution < -0.4 is 20.1 Å². The summed E-state index contributed by atoms with van der Waals surface area (Å²) in [4.78, 5) is 7.29. The Kier molecular flexibility index (Phi) is 9.57. The lowest BCUT2D eigenvalue weighted by Crippen LogP contribution is -2.37. The lowest BCUT2D eigenvalue weighted by Gasteiger charge is -2.30. The maximum absolute atomic E-state index is 5.81. The maximum Gasteiger partial charge on any atom is 0.195 e. The summed E-state index contributed by atoms with van der Waals surface area (Å²) >= 11 is 0. The van der Waals surface area contributed by atoms with Crippen LogP contribution in [0.5, 0.6) is 11.5 Å². The van der Waals surface area contributed by atoms with Crippen molar-refractivity contribution in [3.8, 4) is 11.5 Å². The van der Waals surface area contributed by atoms with Crippen molar-refractivity contribution >= 4 is 11.6 Å². The van der Waals surface area contributed by atoms with E-state index in [1.54, 1.807) is 7.11 Å². The van der Waals surface area contributed by atoms with Crippen LogP contribution in [0.25, 0.3) is 0 Å². The Bertz CT molecular complexity index is 660. The Balaban J connectivity index is 1.51. The number of anilines is 1. The molecule has 2 aliphatic heterocycles. The zero-order chi connectivity index (χ0) is 21.0. The second-order valence-corrected chi connectivity index (χ2v) is 8.22. The normalized spacial score (nSPS) is 18.1. The van der Waals surface area contributed by atoms with Crippen LogP contribution in [-0.4, -0.2) is 70.5 Å². The molecule has 1 aromatic rings. The summed E-state index contributed by atoms with van der Waals surface area (Å²) in [5.74, 6) is 3.27. The molecule has 2 N–H and O–H groups in total. The molecule has 0 radical (unpaired) electrons. The van der Waals surface area contributed by atoms with Crippen molar-refractivity contribution in [1.29, 1.82) is 0 Å². The number of nitrogens with one attached hydrogen (secondary N) is 2. The third kappa shape index (κ3) is 7.69. The van der Waals surface area contributed by atoms with Gasteiger partial charge < -0.3 is 29.7 Å². The molecule has 0 atom stereocenters. The zero-order valence-electron chi connectivity index (χ0n) is 18.6. The maximum atomic E-state index is 5.81. The second-order valence-electron chi connectivity index (χ2n) is 8.22. The SMILES string of the molecule is COCCCN=C(NCCCN1CCC(C)CC1)Nc1ccc2c(c1)OCCCO2. The number of benzene rings is 1. The van der Waals surface area contributed by atoms with Crippen LogP contribution in [0.4, 0.5) is 5.69 Å². The van der Waals surface area contributed by atoms with Crippen LogP contribution in [0.2, 0.25) is 0 Å². The highest BCUT2D eigenvalue weighted by atomic mass is 16.5. The lowest BCUT2D eigenvalue weighted by molar-refractivity contribution is 0.191. The van der Waals surface area contributed by atoms with Gasteiger partial charge in [0.2, 0.25) is 0 Å². The van der Waals surface area contributed by atoms with Gasteiger partial charge in [-0.15, -0.1) is 0 Å². The number of aliphatic imine (C=N–C) groups is 1. The van der Waals surface area contributed by atoms with Crippen LogP contribution >= 0.6 is 0 Å². The summed E-state index contributed by atoms with van der Waals surface area (Å²) < 4.78 is 16.7. The number of hydrogen-bond donors (Lipinski definition) is 2. The van der Waals surface area contributed by atoms with Crippen molar-refractivity contribution < 1.29 is 14.2 Å². The van der Waals surface area contributed by atoms with E-state index >= 15 is 0 Å². The van der Waals surface area contributed by atoms with Gasteiger partial charge in [-0.2, -0.15) is 0 Å². The van der Waals surface area contributed by atoms with E-state index in [0.717, 1.165) is 68.0 Å². The Hall–Kier alpha value is -1.99. The molecule has 0 aliphatic carbocycles. The number of fused-ring (bicyclic) bond motifs is 1. The first-order chi connectivity index (χ1) is 14.7. The minimum atomic E-state index is 0.682. The molecule has 0 amide bonds. The van der Waals surface area contributed by atoms with Gasteiger partial charge in [0.25, 0.3) is 0 Å². The number of guanidine groups is 1. The first-order valence-corrected chi connectivity index (χ1v) is 11.4. The molecule has 1 saturated heterocycles. The summed E-state index contributed by atoms with van der Waals surface area (Å²) in [6.07, 6.45) is 5.56. The summed E-state index contributed by atoms with van der Waals surface area (Å²) in [5, 5.41) is 6.90. The van der Waals surface area contributed by atoms with E-state index in [1.165, 1.54) is 25.9 Å². The number of nitrogens with zero attached hydrogens (tertiary/aromatic N) is 2. The molecule has 0 bridgehead atoms. The van der Waals surface area contributed by atoms with E-state index in [-0.39, 0.29) is 0 Å². The van der Waals surface area contributed by atoms with E-state index in [9.17, 15) is 0 Å². The first-order valence-electron chi connectivity index (χ1n) is 11.4. The minimum Gasteiger partial charge on any atom is -0.490 e. The molecule has 1 fully saturated rings. The Labute approximate surface area is 181 Å². The minimum absolute atomic E-state index is 0.682. The van der Waals surface area contributed by atoms with Crippen molar-refractivity contribution in [2.45, 2.75) is 39.0 Å². The monoisotopic (exact) mass is 418 g/mol. The predicted molar refractivity (Wildman–Crippen MR) is 122 cm³/mol. The molecule has 0 saturated carbocycles. The number of rotatable bonds is 9. The van der Waals surface area contributed by atoms with Gasteiger partial charge in [-0.1, -0.05) is 6.92 Å². The Morgan fingerprint density at radius 2 is 1.97 bits per heavy atom. The number of hydrogen-bond acceptors (Lipinski definition) is 5. The highest BCUT2D eigenvalue weighted by Gasteiger charge is 2.15. The number of piperidine rings is 1. The van der Waals surface area contributed by atoms with Crippen molar-refractivity contribution in [3.05, 3.63) is 18.2 Å². The molecule has 2 heterocycles. The first kappa shape index (κ1) is 22.7. The zero-order valence-corrected chi connectivity index (χ0v) is 18.6. The smallest absolute Gasteiger partial charge is 0.195 e. The molecule has 2 aliphatic rings. The molecule has 0 spiro atoms. The highest BCUT2D eigenvalue weighted by molar-refractivity contribution is 5.93. The van der Waals surface area contributed by atoms with Gasteiger partial charge in [-0.25, -0.2) is 0 Å². The molecule has 30 heavy (non-hydrogen) atoms. The van der Waals surface area contributed by atoms with Crippen LogP contribution in [0.15, 0.2) is 23.2 Å². The van der Waals surface area contributed by atoms with Gasteiger partial charge in [0, 0.05) is 45.0 Å². The third-order valence-corrected chi connectivity index (χ3v) is 5.61. The van der Waals surface area contributed by atoms with E-state index in [1.807, 2.05) is 18.2 Å². The van der Waals surface area contributed by atoms with Gasteiger partial charge in [0.15, 0.2) is 17.5 Å². The fourth-order valence-electron chi connectivity index (χ4n) is 3.71. The fraction of sp³-hybridized carbons (Fsp3) is 0.696. The molecule has 7 nitrogen and oxygen atoms in total. The van der Waals surface area contributed by atoms with Crippen molar-refractivity contribution in [3.63, 3.8) is 0 Å². The summed E-state index contributed by atoms with van der Waals surface area (Å²) in [6, 6.07) is 5.96. The molecule has 3 rings (SSSR count). The quantitative estimate of drug-likeness (QED) is 0.364. The largest absolute Gasteiger partial charge is 0.490 e. The van der Waals surface area contributed by atoms with Gasteiger partial charge in [-0.3, -0.25) is 4.99 Å². The molecule has 1 aromatic carbocycles. The van der Waals surface area contributed by atoms with Crippen molar-refractivity contribution in [2.24, 2.45) is 10.9 Å². The van der Waals surface area contributed by atoms with E-state index < -0.39 is 0 Å². The lowest BCUT2D eigenvalue weighted by atomic mass is 9.99. The predicted octanol–water partition coefficient (Wildman–Crippen LogP) is 3.36. The second kappa shape index (κ2) is 12.6. The third-order valence-electron chi connectivity index (χ3n) is 5.61. The molecule has 0 aromatic heterocycles. The number of likely N-dealkylation sites (tertiary alicyclic amines) is 1. The molecule has 168 valence electrons. The van der Waals surface area contributed by atoms with Crippen LogP contribution in [0.3, 0.4) is 0 Å². The molecule has 7 heteroatoms. The van der Waals surface area contributed by atoms with Crippen molar-refractivity contribution in [1.82, 2.24) is 10.2 Å². The summed E-state index contributed by atoms with van der Waals surface area (Å²) in [5.41, 5.74) is 0.947. The van der Waals surface area contributed by atoms with E-state index in [0.29, 0.717) is 19.8 Å². The van der Waals surface area contributed by atoms with E-state index in [4.69, 9.17) is 19.2 Å². The van der Waals surface area contributed by atoms with Gasteiger partial charge in [0.05, 0.1) is 13.2 Å². The van der Waals surface area contributed by atoms with Crippen LogP contribution in [0.1, 0.15) is 39.0 Å². The van der Waals surface area contributed by atoms with E-state index in [2.05, 4.69) is 22.5 Å². The number of ether oxygens (including phenoxy) is 3. The summed E-state index contributed by atoms with van der Waals surface area (Å²) in [6.45, 7) is 9.67. The average molecular weight is 419 g/mol. The standard InChI is InChI=1S/C23H38N4O3/c1-19-8-13-27(14-9-19)12-3-10-24-23(25-11-4-15-28-2)26-20-6-7-21-22(18-20)30-17-5-16-29-21/h6-7,18-19H,3-5,8-17H2,1-2H3,(H2,24,25,26). The Morgan fingerprint density at radius 3 is 2.77 bits per heavy atom. The van der Waals surface area contributed by atoms with Gasteiger partial charge >= 0.3 is 0 Å². The Morgan fingerprint density at radius 1 is 1.17 bits per heavy atom. The van der Waals surface area contributed by atoms with Crippen molar-refractivity contribution in [2.75, 3.05) is 65.0 Å². The molecule has 0 unspecified atom stereocenters. The molecular weight excluding hydrogens is 380 g/mol. The summed E-state index contributed by atoms with van der Waals surface area (Å²) in [7, 11) is 1.72. The average Bonchev–Trinajstić information content (AvgIpc) is 3.00. The topological polar surface area (TPSA) is 67.4 Å². The number of methoxy groups -OCH3 is 1. The van der Waals surface area contributed by atoms with Crippen LogP contribution in [-0.2, 0) is 4.74 Å². The molecular formula is C23H38N4O3. The van der Waals surface area contributed by atoms with Gasteiger partial charge in [0.1, 0.15) is 0 Å².